The number of rotatable bonds is 5. The summed E-state index contributed by atoms with van der Waals surface area (Å²) >= 11 is 0. The number of hydrogen-bond donors (Lipinski definition) is 1. The van der Waals surface area contributed by atoms with Gasteiger partial charge in [-0.05, 0) is 24.1 Å². The van der Waals surface area contributed by atoms with Crippen LogP contribution in [0.1, 0.15) is 16.8 Å². The van der Waals surface area contributed by atoms with Gasteiger partial charge in [0.05, 0.1) is 0 Å². The van der Waals surface area contributed by atoms with Crippen LogP contribution in [-0.2, 0) is 13.0 Å². The van der Waals surface area contributed by atoms with Crippen molar-refractivity contribution in [3.8, 4) is 11.8 Å². The first kappa shape index (κ1) is 13.1. The molecule has 0 atom stereocenters. The maximum Gasteiger partial charge on any atom is 0.147 e. The van der Waals surface area contributed by atoms with E-state index in [-0.39, 0.29) is 6.61 Å². The van der Waals surface area contributed by atoms with Crippen LogP contribution in [0.25, 0.3) is 0 Å². The van der Waals surface area contributed by atoms with E-state index in [4.69, 9.17) is 15.1 Å². The van der Waals surface area contributed by atoms with E-state index < -0.39 is 0 Å². The van der Waals surface area contributed by atoms with E-state index in [0.717, 1.165) is 16.9 Å². The first-order valence-electron chi connectivity index (χ1n) is 6.00. The zero-order valence-electron chi connectivity index (χ0n) is 10.4. The average molecular weight is 254 g/mol. The highest BCUT2D eigenvalue weighted by Gasteiger charge is 2.06. The van der Waals surface area contributed by atoms with E-state index in [9.17, 15) is 0 Å². The van der Waals surface area contributed by atoms with Gasteiger partial charge in [-0.3, -0.25) is 0 Å². The molecule has 1 N–H and O–H groups in total. The van der Waals surface area contributed by atoms with E-state index in [0.29, 0.717) is 18.7 Å². The summed E-state index contributed by atoms with van der Waals surface area (Å²) in [6, 6.07) is 13.2. The summed E-state index contributed by atoms with van der Waals surface area (Å²) in [5.74, 6) is 0.726. The predicted octanol–water partition coefficient (Wildman–Crippen LogP) is 2.07. The topological polar surface area (TPSA) is 66.1 Å². The molecule has 1 aromatic carbocycles. The summed E-state index contributed by atoms with van der Waals surface area (Å²) < 4.78 is 5.72. The van der Waals surface area contributed by atoms with Gasteiger partial charge in [-0.1, -0.05) is 24.3 Å². The summed E-state index contributed by atoms with van der Waals surface area (Å²) in [4.78, 5) is 3.99. The van der Waals surface area contributed by atoms with Gasteiger partial charge < -0.3 is 9.84 Å². The third-order valence-electron chi connectivity index (χ3n) is 2.73. The Morgan fingerprint density at radius 2 is 1.95 bits per heavy atom. The third-order valence-corrected chi connectivity index (χ3v) is 2.73. The SMILES string of the molecule is N#Cc1ncccc1COc1ccccc1CCO. The quantitative estimate of drug-likeness (QED) is 0.887. The lowest BCUT2D eigenvalue weighted by molar-refractivity contribution is 0.283. The zero-order chi connectivity index (χ0) is 13.5. The Kier molecular flexibility index (Phi) is 4.49. The number of nitriles is 1. The fourth-order valence-electron chi connectivity index (χ4n) is 1.78. The molecular formula is C15H14N2O2. The molecule has 0 saturated heterocycles. The molecule has 0 amide bonds. The van der Waals surface area contributed by atoms with Gasteiger partial charge in [0.25, 0.3) is 0 Å². The second-order valence-corrected chi connectivity index (χ2v) is 3.99. The van der Waals surface area contributed by atoms with Crippen molar-refractivity contribution < 1.29 is 9.84 Å². The third kappa shape index (κ3) is 3.30. The summed E-state index contributed by atoms with van der Waals surface area (Å²) in [5, 5.41) is 18.0. The standard InChI is InChI=1S/C15H14N2O2/c16-10-14-13(5-3-8-17-14)11-19-15-6-2-1-4-12(15)7-9-18/h1-6,8,18H,7,9,11H2. The maximum absolute atomic E-state index is 9.00. The van der Waals surface area contributed by atoms with Crippen molar-refractivity contribution in [3.63, 3.8) is 0 Å². The van der Waals surface area contributed by atoms with Crippen molar-refractivity contribution >= 4 is 0 Å². The van der Waals surface area contributed by atoms with E-state index in [2.05, 4.69) is 4.98 Å². The second kappa shape index (κ2) is 6.53. The van der Waals surface area contributed by atoms with Crippen LogP contribution >= 0.6 is 0 Å². The van der Waals surface area contributed by atoms with Crippen LogP contribution in [-0.4, -0.2) is 16.7 Å². The van der Waals surface area contributed by atoms with Crippen LogP contribution in [0, 0.1) is 11.3 Å². The number of hydrogen-bond acceptors (Lipinski definition) is 4. The lowest BCUT2D eigenvalue weighted by atomic mass is 10.1. The molecule has 0 aliphatic heterocycles. The van der Waals surface area contributed by atoms with E-state index >= 15 is 0 Å². The highest BCUT2D eigenvalue weighted by Crippen LogP contribution is 2.20. The number of aliphatic hydroxyl groups excluding tert-OH is 1. The van der Waals surface area contributed by atoms with Gasteiger partial charge >= 0.3 is 0 Å². The number of ether oxygens (including phenoxy) is 1. The smallest absolute Gasteiger partial charge is 0.147 e. The molecule has 0 spiro atoms. The van der Waals surface area contributed by atoms with Crippen molar-refractivity contribution in [3.05, 3.63) is 59.4 Å². The zero-order valence-corrected chi connectivity index (χ0v) is 10.4. The minimum Gasteiger partial charge on any atom is -0.489 e. The average Bonchev–Trinajstić information content (AvgIpc) is 2.47. The molecule has 0 aliphatic rings. The lowest BCUT2D eigenvalue weighted by Crippen LogP contribution is -2.02. The largest absolute Gasteiger partial charge is 0.489 e. The number of aliphatic hydroxyl groups is 1. The molecule has 2 aromatic rings. The van der Waals surface area contributed by atoms with Gasteiger partial charge in [0, 0.05) is 18.4 Å². The summed E-state index contributed by atoms with van der Waals surface area (Å²) in [5.41, 5.74) is 2.08. The van der Waals surface area contributed by atoms with E-state index in [1.165, 1.54) is 0 Å². The molecule has 96 valence electrons. The Morgan fingerprint density at radius 1 is 1.16 bits per heavy atom. The van der Waals surface area contributed by atoms with Gasteiger partial charge in [0.15, 0.2) is 0 Å². The lowest BCUT2D eigenvalue weighted by Gasteiger charge is -2.11. The van der Waals surface area contributed by atoms with Crippen LogP contribution in [0.15, 0.2) is 42.6 Å². The van der Waals surface area contributed by atoms with Crippen molar-refractivity contribution in [2.24, 2.45) is 0 Å². The molecule has 0 aliphatic carbocycles. The monoisotopic (exact) mass is 254 g/mol. The summed E-state index contributed by atoms with van der Waals surface area (Å²) in [6.45, 7) is 0.371. The molecule has 0 radical (unpaired) electrons. The van der Waals surface area contributed by atoms with Crippen molar-refractivity contribution in [1.29, 1.82) is 5.26 Å². The molecule has 0 fully saturated rings. The molecule has 4 heteroatoms. The molecule has 1 heterocycles. The number of pyridine rings is 1. The van der Waals surface area contributed by atoms with Gasteiger partial charge in [0.2, 0.25) is 0 Å². The van der Waals surface area contributed by atoms with Crippen molar-refractivity contribution in [2.75, 3.05) is 6.61 Å². The summed E-state index contributed by atoms with van der Waals surface area (Å²) in [7, 11) is 0. The first-order chi connectivity index (χ1) is 9.35. The van der Waals surface area contributed by atoms with Crippen molar-refractivity contribution in [1.82, 2.24) is 4.98 Å². The minimum atomic E-state index is 0.0801. The predicted molar refractivity (Wildman–Crippen MR) is 70.5 cm³/mol. The molecule has 1 aromatic heterocycles. The molecule has 4 nitrogen and oxygen atoms in total. The van der Waals surface area contributed by atoms with Crippen molar-refractivity contribution in [2.45, 2.75) is 13.0 Å². The highest BCUT2D eigenvalue weighted by atomic mass is 16.5. The fraction of sp³-hybridized carbons (Fsp3) is 0.200. The van der Waals surface area contributed by atoms with Gasteiger partial charge in [-0.25, -0.2) is 4.98 Å². The molecule has 0 unspecified atom stereocenters. The Bertz CT molecular complexity index is 591. The number of aromatic nitrogens is 1. The summed E-state index contributed by atoms with van der Waals surface area (Å²) in [6.07, 6.45) is 2.14. The highest BCUT2D eigenvalue weighted by molar-refractivity contribution is 5.35. The molecular weight excluding hydrogens is 240 g/mol. The molecule has 0 bridgehead atoms. The van der Waals surface area contributed by atoms with Crippen LogP contribution in [0.2, 0.25) is 0 Å². The molecule has 0 saturated carbocycles. The fourth-order valence-corrected chi connectivity index (χ4v) is 1.78. The van der Waals surface area contributed by atoms with E-state index in [1.54, 1.807) is 12.3 Å². The van der Waals surface area contributed by atoms with Gasteiger partial charge in [-0.15, -0.1) is 0 Å². The first-order valence-corrected chi connectivity index (χ1v) is 6.00. The van der Waals surface area contributed by atoms with Crippen LogP contribution in [0.4, 0.5) is 0 Å². The Labute approximate surface area is 111 Å². The molecule has 2 rings (SSSR count). The normalized spacial score (nSPS) is 9.89. The van der Waals surface area contributed by atoms with E-state index in [1.807, 2.05) is 36.4 Å². The Hall–Kier alpha value is -2.38. The maximum atomic E-state index is 9.00. The van der Waals surface area contributed by atoms with Gasteiger partial charge in [0.1, 0.15) is 24.1 Å². The number of nitrogens with zero attached hydrogens (tertiary/aromatic N) is 2. The minimum absolute atomic E-state index is 0.0801. The Morgan fingerprint density at radius 3 is 2.74 bits per heavy atom. The van der Waals surface area contributed by atoms with Crippen LogP contribution < -0.4 is 4.74 Å². The van der Waals surface area contributed by atoms with Gasteiger partial charge in [-0.2, -0.15) is 5.26 Å². The number of benzene rings is 1. The van der Waals surface area contributed by atoms with Crippen LogP contribution in [0.5, 0.6) is 5.75 Å². The molecule has 19 heavy (non-hydrogen) atoms. The number of para-hydroxylation sites is 1. The van der Waals surface area contributed by atoms with Crippen LogP contribution in [0.3, 0.4) is 0 Å². The Balaban J connectivity index is 2.13. The second-order valence-electron chi connectivity index (χ2n) is 3.99.